The van der Waals surface area contributed by atoms with Crippen molar-refractivity contribution in [3.8, 4) is 0 Å². The van der Waals surface area contributed by atoms with Crippen molar-refractivity contribution in [2.24, 2.45) is 0 Å². The SMILES string of the molecule is CCOC(=O)CCC(=O)Cl.CCOC(=O)CCC(=O)OP(=O)(O)N(C[C@H]1CN(c2cc(F)c(N3C=CC(=O)CC3)c(F)c2F)C(=O)O1)c1ccon1.O=C1C=CN(c2c(F)cc(N3C[C@H](CN(c4ccon4)P(=O)(O)O)OC3=O)c(F)c2F)CC1.O=CO[O-].[H-].[Na+].[Na+]. The van der Waals surface area contributed by atoms with Crippen molar-refractivity contribution in [1.29, 1.82) is 0 Å². The first-order chi connectivity index (χ1) is 42.0. The van der Waals surface area contributed by atoms with Crippen LogP contribution in [0, 0.1) is 34.9 Å². The van der Waals surface area contributed by atoms with Crippen LogP contribution in [0.5, 0.6) is 0 Å². The van der Waals surface area contributed by atoms with Crippen LogP contribution in [0.1, 0.15) is 53.8 Å². The van der Waals surface area contributed by atoms with E-state index in [-0.39, 0.29) is 142 Å². The van der Waals surface area contributed by atoms with Gasteiger partial charge in [-0.2, -0.15) is 0 Å². The normalized spacial score (nSPS) is 16.4. The number of ketones is 2. The van der Waals surface area contributed by atoms with Gasteiger partial charge in [-0.15, -0.1) is 0 Å². The van der Waals surface area contributed by atoms with Crippen molar-refractivity contribution < 1.29 is 197 Å². The van der Waals surface area contributed by atoms with Gasteiger partial charge in [0.05, 0.1) is 70.0 Å². The third-order valence-corrected chi connectivity index (χ3v) is 14.5. The number of hydrogen-bond donors (Lipinski definition) is 3. The fourth-order valence-electron chi connectivity index (χ4n) is 8.01. The number of ether oxygens (including phenoxy) is 4. The molecule has 0 aliphatic carbocycles. The molecule has 2 aromatic heterocycles. The molecule has 6 heterocycles. The summed E-state index contributed by atoms with van der Waals surface area (Å²) < 4.78 is 149. The van der Waals surface area contributed by atoms with Crippen LogP contribution in [0.2, 0.25) is 0 Å². The molecule has 91 heavy (non-hydrogen) atoms. The zero-order valence-electron chi connectivity index (χ0n) is 49.0. The van der Waals surface area contributed by atoms with Crippen LogP contribution in [0.15, 0.2) is 70.4 Å². The zero-order chi connectivity index (χ0) is 65.9. The fraction of sp³-hybridized carbons (Fsp3) is 0.367. The van der Waals surface area contributed by atoms with Crippen LogP contribution in [0.3, 0.4) is 0 Å². The molecule has 2 saturated heterocycles. The standard InChI is InChI=1S/C24H24F3N4O10P.C18H16F3N4O7P.C6H9ClO3.CH2O3.2Na.H/c1-2-38-19(33)3-4-20(34)41-42(36,37)31(18-7-10-39-28-18)13-15-12-30(24(35)40-15)17-11-16(25)23(22(27)21(17)26)29-8-5-14(32)6-9-29;19-12-7-13(15(20)16(21)17(12)23-4-1-10(26)2-5-23)24-8-11(32-18(24)27)9-25(33(28,29)30)14-3-6-31-22-14;1-2-10-6(9)4-3-5(7)8;2-1-4-3;;;/h5,7-8,10-11,15H,2-4,6,9,12-13H2,1H3,(H,36,37);1,3-4,6-7,11H,2,5,8-9H2,(H2,28,29,30);2-4H2,1H3;1,3H;;;/q;;;;2*+1;-1/p-1/t15-;11-;;;;;/m11...../s1. The van der Waals surface area contributed by atoms with Crippen molar-refractivity contribution in [2.45, 2.75) is 64.6 Å². The summed E-state index contributed by atoms with van der Waals surface area (Å²) in [6.45, 7) is 1.11. The summed E-state index contributed by atoms with van der Waals surface area (Å²) in [7, 11) is -9.98. The summed E-state index contributed by atoms with van der Waals surface area (Å²) in [6.07, 6.45) is 0.697. The van der Waals surface area contributed by atoms with Gasteiger partial charge >= 0.3 is 105 Å². The van der Waals surface area contributed by atoms with E-state index >= 15 is 4.39 Å². The molecule has 4 aliphatic rings. The molecule has 4 aliphatic heterocycles. The van der Waals surface area contributed by atoms with Crippen molar-refractivity contribution >= 4 is 115 Å². The smallest absolute Gasteiger partial charge is 1.00 e. The van der Waals surface area contributed by atoms with E-state index in [1.165, 1.54) is 6.07 Å². The predicted octanol–water partition coefficient (Wildman–Crippen LogP) is -0.837. The molecule has 1 unspecified atom stereocenters. The predicted molar refractivity (Wildman–Crippen MR) is 287 cm³/mol. The molecule has 31 nitrogen and oxygen atoms in total. The van der Waals surface area contributed by atoms with Gasteiger partial charge in [0.1, 0.15) is 36.1 Å². The van der Waals surface area contributed by atoms with Crippen LogP contribution in [-0.2, 0) is 71.1 Å². The van der Waals surface area contributed by atoms with Gasteiger partial charge in [0.25, 0.3) is 6.47 Å². The van der Waals surface area contributed by atoms with Gasteiger partial charge in [0.15, 0.2) is 58.1 Å². The number of cyclic esters (lactones) is 2. The molecule has 4 aromatic rings. The summed E-state index contributed by atoms with van der Waals surface area (Å²) >= 11 is 4.98. The first-order valence-electron chi connectivity index (χ1n) is 25.5. The first kappa shape index (κ1) is 78.4. The first-order valence-corrected chi connectivity index (χ1v) is 29.0. The maximum atomic E-state index is 15.1. The minimum atomic E-state index is -5.07. The van der Waals surface area contributed by atoms with E-state index in [1.54, 1.807) is 13.8 Å². The Morgan fingerprint density at radius 2 is 1.09 bits per heavy atom. The number of nitrogens with zero attached hydrogens (tertiary/aromatic N) is 8. The topological polar surface area (TPSA) is 398 Å². The molecular formula is C49H51ClF6N8Na2O23P2. The molecule has 3 N–H and O–H groups in total. The van der Waals surface area contributed by atoms with E-state index in [4.69, 9.17) is 35.7 Å². The summed E-state index contributed by atoms with van der Waals surface area (Å²) in [4.78, 5) is 136. The van der Waals surface area contributed by atoms with Crippen molar-refractivity contribution in [2.75, 3.05) is 81.4 Å². The summed E-state index contributed by atoms with van der Waals surface area (Å²) in [5, 5.41) is 14.9. The molecule has 0 bridgehead atoms. The van der Waals surface area contributed by atoms with Crippen molar-refractivity contribution in [3.05, 3.63) is 96.2 Å². The maximum Gasteiger partial charge on any atom is 1.00 e. The molecule has 2 amide bonds. The van der Waals surface area contributed by atoms with Gasteiger partial charge in [0.2, 0.25) is 5.24 Å². The number of halogens is 7. The number of hydrogen-bond acceptors (Lipinski definition) is 24. The Morgan fingerprint density at radius 1 is 0.692 bits per heavy atom. The van der Waals surface area contributed by atoms with Crippen LogP contribution in [0.4, 0.5) is 70.3 Å². The molecule has 2 aromatic carbocycles. The number of benzene rings is 2. The number of amides is 2. The number of aromatic nitrogens is 2. The monoisotopic (exact) mass is 1380 g/mol. The van der Waals surface area contributed by atoms with Crippen molar-refractivity contribution in [3.63, 3.8) is 0 Å². The van der Waals surface area contributed by atoms with Crippen LogP contribution >= 0.6 is 27.1 Å². The quantitative estimate of drug-likeness (QED) is 0.00825. The Morgan fingerprint density at radius 3 is 1.44 bits per heavy atom. The van der Waals surface area contributed by atoms with E-state index < -0.39 is 154 Å². The summed E-state index contributed by atoms with van der Waals surface area (Å²) in [5.74, 6) is -12.1. The van der Waals surface area contributed by atoms with Crippen molar-refractivity contribution in [1.82, 2.24) is 10.3 Å². The molecule has 42 heteroatoms. The minimum Gasteiger partial charge on any atom is -1.00 e. The van der Waals surface area contributed by atoms with Gasteiger partial charge in [-0.05, 0) is 37.6 Å². The average Bonchev–Trinajstić information content (AvgIpc) is 1.41. The number of allylic oxidation sites excluding steroid dienone is 2. The zero-order valence-corrected chi connectivity index (χ0v) is 54.6. The van der Waals surface area contributed by atoms with E-state index in [1.807, 2.05) is 0 Å². The van der Waals surface area contributed by atoms with Crippen LogP contribution < -0.4 is 93.3 Å². The number of anilines is 6. The summed E-state index contributed by atoms with van der Waals surface area (Å²) in [5.41, 5.74) is -3.03. The second-order valence-electron chi connectivity index (χ2n) is 17.9. The maximum absolute atomic E-state index is 15.1. The van der Waals surface area contributed by atoms with Crippen LogP contribution in [-0.4, -0.2) is 143 Å². The second-order valence-corrected chi connectivity index (χ2v) is 21.5. The van der Waals surface area contributed by atoms with Gasteiger partial charge in [-0.1, -0.05) is 10.3 Å². The van der Waals surface area contributed by atoms with Gasteiger partial charge in [0, 0.05) is 69.0 Å². The number of rotatable bonds is 22. The molecule has 3 atom stereocenters. The summed E-state index contributed by atoms with van der Waals surface area (Å²) in [6, 6.07) is 3.49. The number of esters is 2. The van der Waals surface area contributed by atoms with E-state index in [2.05, 4.69) is 33.7 Å². The Bertz CT molecular complexity index is 3420. The number of carbonyl (C=O) groups excluding carboxylic acids is 9. The van der Waals surface area contributed by atoms with Gasteiger partial charge in [-0.25, -0.2) is 49.7 Å². The third kappa shape index (κ3) is 22.2. The average molecular weight is 1380 g/mol. The Kier molecular flexibility index (Phi) is 31.4. The third-order valence-electron chi connectivity index (χ3n) is 11.9. The fourth-order valence-corrected chi connectivity index (χ4v) is 10.1. The Labute approximate surface area is 560 Å². The Balaban J connectivity index is 0.000000513. The van der Waals surface area contributed by atoms with E-state index in [0.717, 1.165) is 52.9 Å². The van der Waals surface area contributed by atoms with E-state index in [0.29, 0.717) is 37.9 Å². The minimum absolute atomic E-state index is 0. The Hall–Kier alpha value is -6.86. The molecule has 486 valence electrons. The van der Waals surface area contributed by atoms with E-state index in [9.17, 15) is 84.1 Å². The molecule has 2 fully saturated rings. The molecule has 8 rings (SSSR count). The molecular weight excluding hydrogens is 1330 g/mol. The molecule has 0 spiro atoms. The van der Waals surface area contributed by atoms with Gasteiger partial charge in [-0.3, -0.25) is 52.9 Å². The van der Waals surface area contributed by atoms with Crippen LogP contribution in [0.25, 0.3) is 0 Å². The second kappa shape index (κ2) is 36.4. The largest absolute Gasteiger partial charge is 1.00 e. The molecule has 0 saturated carbocycles. The molecule has 0 radical (unpaired) electrons. The van der Waals surface area contributed by atoms with Gasteiger partial charge < -0.3 is 63.7 Å². The number of carbonyl (C=O) groups is 9.